The summed E-state index contributed by atoms with van der Waals surface area (Å²) in [6.07, 6.45) is 0. The maximum atomic E-state index is 4.82. The average Bonchev–Trinajstić information content (AvgIpc) is 3.86. The molecule has 0 aliphatic rings. The van der Waals surface area contributed by atoms with Gasteiger partial charge in [0.25, 0.3) is 0 Å². The molecule has 0 aliphatic heterocycles. The monoisotopic (exact) mass is 666 g/mol. The van der Waals surface area contributed by atoms with E-state index in [2.05, 4.69) is 148 Å². The molecule has 0 saturated heterocycles. The SMILES string of the molecule is CC(C)Nc1ccc(-c2ccc(-c3ccc(-c4ccc(-c5ccc(NC(C)C)c6ccccc56)s4)c4nsnc34)s2)c2ccccc12. The summed E-state index contributed by atoms with van der Waals surface area (Å²) in [5.41, 5.74) is 9.04. The third-order valence-corrected chi connectivity index (χ3v) is 11.3. The van der Waals surface area contributed by atoms with E-state index in [9.17, 15) is 0 Å². The van der Waals surface area contributed by atoms with Crippen LogP contribution in [0.3, 0.4) is 0 Å². The highest BCUT2D eigenvalue weighted by Gasteiger charge is 2.18. The molecule has 5 aromatic carbocycles. The Morgan fingerprint density at radius 3 is 1.19 bits per heavy atom. The molecule has 3 heterocycles. The lowest BCUT2D eigenvalue weighted by atomic mass is 10.0. The molecule has 0 unspecified atom stereocenters. The Morgan fingerprint density at radius 1 is 0.426 bits per heavy atom. The van der Waals surface area contributed by atoms with E-state index in [1.54, 1.807) is 0 Å². The molecule has 8 rings (SSSR count). The molecule has 8 aromatic rings. The second-order valence-electron chi connectivity index (χ2n) is 12.5. The molecule has 0 atom stereocenters. The molecule has 7 heteroatoms. The maximum Gasteiger partial charge on any atom is 0.114 e. The number of hydrogen-bond acceptors (Lipinski definition) is 7. The van der Waals surface area contributed by atoms with Gasteiger partial charge in [-0.15, -0.1) is 22.7 Å². The van der Waals surface area contributed by atoms with Gasteiger partial charge in [0.15, 0.2) is 0 Å². The van der Waals surface area contributed by atoms with Crippen LogP contribution in [0, 0.1) is 0 Å². The maximum absolute atomic E-state index is 4.82. The molecular formula is C40H34N4S3. The Bertz CT molecular complexity index is 2230. The molecule has 0 aliphatic carbocycles. The van der Waals surface area contributed by atoms with Crippen LogP contribution in [0.4, 0.5) is 11.4 Å². The normalized spacial score (nSPS) is 11.8. The van der Waals surface area contributed by atoms with Crippen molar-refractivity contribution in [1.82, 2.24) is 8.75 Å². The van der Waals surface area contributed by atoms with Gasteiger partial charge >= 0.3 is 0 Å². The molecule has 0 spiro atoms. The zero-order valence-corrected chi connectivity index (χ0v) is 29.1. The van der Waals surface area contributed by atoms with E-state index < -0.39 is 0 Å². The molecule has 4 nitrogen and oxygen atoms in total. The van der Waals surface area contributed by atoms with Crippen LogP contribution in [-0.2, 0) is 0 Å². The highest BCUT2D eigenvalue weighted by atomic mass is 32.1. The van der Waals surface area contributed by atoms with Crippen LogP contribution in [-0.4, -0.2) is 20.8 Å². The van der Waals surface area contributed by atoms with E-state index in [1.165, 1.54) is 75.3 Å². The summed E-state index contributed by atoms with van der Waals surface area (Å²) in [7, 11) is 0. The first-order valence-electron chi connectivity index (χ1n) is 16.0. The summed E-state index contributed by atoms with van der Waals surface area (Å²) in [6.45, 7) is 8.71. The number of rotatable bonds is 8. The zero-order chi connectivity index (χ0) is 32.1. The van der Waals surface area contributed by atoms with Gasteiger partial charge in [0, 0.05) is 64.9 Å². The van der Waals surface area contributed by atoms with Crippen LogP contribution >= 0.6 is 34.4 Å². The number of benzene rings is 5. The largest absolute Gasteiger partial charge is 0.382 e. The minimum Gasteiger partial charge on any atom is -0.382 e. The van der Waals surface area contributed by atoms with Crippen LogP contribution in [0.5, 0.6) is 0 Å². The molecule has 0 saturated carbocycles. The van der Waals surface area contributed by atoms with Crippen molar-refractivity contribution in [2.24, 2.45) is 0 Å². The molecular weight excluding hydrogens is 633 g/mol. The quantitative estimate of drug-likeness (QED) is 0.169. The van der Waals surface area contributed by atoms with Gasteiger partial charge < -0.3 is 10.6 Å². The lowest BCUT2D eigenvalue weighted by Gasteiger charge is -2.15. The van der Waals surface area contributed by atoms with Gasteiger partial charge in [-0.2, -0.15) is 8.75 Å². The fourth-order valence-electron chi connectivity index (χ4n) is 6.42. The standard InChI is InChI=1S/C40H34N4S3/c1-23(2)41-33-17-15-29(25-9-5-7-11-27(25)33)35-19-21-37(45-35)31-13-14-32(40-39(31)43-47-44-40)38-22-20-36(46-38)30-16-18-34(42-24(3)4)28-12-8-6-10-26(28)30/h5-24,41-42H,1-4H3. The first-order valence-corrected chi connectivity index (χ1v) is 18.3. The topological polar surface area (TPSA) is 49.8 Å². The molecule has 3 aromatic heterocycles. The van der Waals surface area contributed by atoms with E-state index in [0.717, 1.165) is 22.2 Å². The van der Waals surface area contributed by atoms with E-state index in [0.29, 0.717) is 12.1 Å². The second kappa shape index (κ2) is 12.2. The van der Waals surface area contributed by atoms with Crippen LogP contribution in [0.2, 0.25) is 0 Å². The lowest BCUT2D eigenvalue weighted by Crippen LogP contribution is -2.09. The number of hydrogen-bond donors (Lipinski definition) is 2. The Hall–Kier alpha value is -4.56. The van der Waals surface area contributed by atoms with E-state index in [1.807, 2.05) is 22.7 Å². The number of nitrogens with zero attached hydrogens (tertiary/aromatic N) is 2. The van der Waals surface area contributed by atoms with Crippen LogP contribution < -0.4 is 10.6 Å². The summed E-state index contributed by atoms with van der Waals surface area (Å²) in [5, 5.41) is 12.2. The first kappa shape index (κ1) is 29.8. The predicted octanol–water partition coefficient (Wildman–Crippen LogP) is 12.4. The summed E-state index contributed by atoms with van der Waals surface area (Å²) in [6, 6.07) is 40.4. The number of fused-ring (bicyclic) bond motifs is 3. The Kier molecular flexibility index (Phi) is 7.76. The van der Waals surface area contributed by atoms with Crippen molar-refractivity contribution in [2.45, 2.75) is 39.8 Å². The Balaban J connectivity index is 1.15. The predicted molar refractivity (Wildman–Crippen MR) is 207 cm³/mol. The molecule has 0 bridgehead atoms. The number of anilines is 2. The Morgan fingerprint density at radius 2 is 0.787 bits per heavy atom. The second-order valence-corrected chi connectivity index (χ2v) is 15.2. The van der Waals surface area contributed by atoms with Crippen LogP contribution in [0.25, 0.3) is 74.3 Å². The third-order valence-electron chi connectivity index (χ3n) is 8.43. The Labute approximate surface area is 287 Å². The van der Waals surface area contributed by atoms with E-state index in [-0.39, 0.29) is 0 Å². The molecule has 0 amide bonds. The average molecular weight is 667 g/mol. The summed E-state index contributed by atoms with van der Waals surface area (Å²) in [5.74, 6) is 0. The molecule has 2 N–H and O–H groups in total. The molecule has 47 heavy (non-hydrogen) atoms. The fourth-order valence-corrected chi connectivity index (χ4v) is 9.14. The van der Waals surface area contributed by atoms with Gasteiger partial charge in [-0.25, -0.2) is 0 Å². The molecule has 0 radical (unpaired) electrons. The van der Waals surface area contributed by atoms with Crippen molar-refractivity contribution >= 4 is 78.4 Å². The van der Waals surface area contributed by atoms with Crippen molar-refractivity contribution in [3.8, 4) is 41.8 Å². The first-order chi connectivity index (χ1) is 22.9. The minimum atomic E-state index is 0.369. The van der Waals surface area contributed by atoms with Gasteiger partial charge in [0.2, 0.25) is 0 Å². The van der Waals surface area contributed by atoms with Gasteiger partial charge in [0.1, 0.15) is 11.0 Å². The van der Waals surface area contributed by atoms with Crippen molar-refractivity contribution < 1.29 is 0 Å². The number of nitrogens with one attached hydrogen (secondary N) is 2. The summed E-state index contributed by atoms with van der Waals surface area (Å²) >= 11 is 4.92. The van der Waals surface area contributed by atoms with Crippen molar-refractivity contribution in [2.75, 3.05) is 10.6 Å². The van der Waals surface area contributed by atoms with Gasteiger partial charge in [0.05, 0.1) is 11.7 Å². The summed E-state index contributed by atoms with van der Waals surface area (Å²) < 4.78 is 9.64. The number of thiophene rings is 2. The van der Waals surface area contributed by atoms with Crippen LogP contribution in [0.1, 0.15) is 27.7 Å². The van der Waals surface area contributed by atoms with Gasteiger partial charge in [-0.05, 0) is 86.0 Å². The van der Waals surface area contributed by atoms with Gasteiger partial charge in [-0.1, -0.05) is 72.8 Å². The molecule has 232 valence electrons. The number of aromatic nitrogens is 2. The smallest absolute Gasteiger partial charge is 0.114 e. The van der Waals surface area contributed by atoms with Crippen molar-refractivity contribution in [3.05, 3.63) is 109 Å². The highest BCUT2D eigenvalue weighted by molar-refractivity contribution is 7.19. The third kappa shape index (κ3) is 5.48. The van der Waals surface area contributed by atoms with Gasteiger partial charge in [-0.3, -0.25) is 0 Å². The summed E-state index contributed by atoms with van der Waals surface area (Å²) in [4.78, 5) is 4.90. The molecule has 0 fully saturated rings. The van der Waals surface area contributed by atoms with Crippen molar-refractivity contribution in [1.29, 1.82) is 0 Å². The lowest BCUT2D eigenvalue weighted by molar-refractivity contribution is 0.901. The minimum absolute atomic E-state index is 0.369. The van der Waals surface area contributed by atoms with Crippen molar-refractivity contribution in [3.63, 3.8) is 0 Å². The van der Waals surface area contributed by atoms with Crippen LogP contribution in [0.15, 0.2) is 109 Å². The fraction of sp³-hybridized carbons (Fsp3) is 0.150. The van der Waals surface area contributed by atoms with E-state index >= 15 is 0 Å². The van der Waals surface area contributed by atoms with E-state index in [4.69, 9.17) is 8.75 Å². The zero-order valence-electron chi connectivity index (χ0n) is 26.7. The highest BCUT2D eigenvalue weighted by Crippen LogP contribution is 2.45.